The fourth-order valence-electron chi connectivity index (χ4n) is 0.919. The third kappa shape index (κ3) is 4.60. The summed E-state index contributed by atoms with van der Waals surface area (Å²) in [4.78, 5) is 21.7. The van der Waals surface area contributed by atoms with Crippen molar-refractivity contribution < 1.29 is 24.5 Å². The maximum Gasteiger partial charge on any atom is 0.336 e. The summed E-state index contributed by atoms with van der Waals surface area (Å²) < 4.78 is 4.32. The molecule has 0 spiro atoms. The van der Waals surface area contributed by atoms with Gasteiger partial charge in [0, 0.05) is 6.42 Å². The molecule has 0 heterocycles. The fourth-order valence-corrected chi connectivity index (χ4v) is 0.919. The number of carboxylic acid groups (broad SMARTS) is 1. The average molecular weight is 216 g/mol. The second-order valence-corrected chi connectivity index (χ2v) is 3.58. The van der Waals surface area contributed by atoms with E-state index in [0.29, 0.717) is 0 Å². The first-order chi connectivity index (χ1) is 6.81. The van der Waals surface area contributed by atoms with Crippen LogP contribution in [0.1, 0.15) is 26.7 Å². The zero-order valence-corrected chi connectivity index (χ0v) is 9.11. The van der Waals surface area contributed by atoms with Crippen molar-refractivity contribution in [2.75, 3.05) is 7.11 Å². The number of hydrogen-bond acceptors (Lipinski definition) is 4. The number of aliphatic hydroxyl groups is 1. The number of hydrogen-bond donors (Lipinski definition) is 2. The van der Waals surface area contributed by atoms with Crippen LogP contribution in [-0.2, 0) is 14.3 Å². The van der Waals surface area contributed by atoms with Crippen LogP contribution in [0.25, 0.3) is 0 Å². The van der Waals surface area contributed by atoms with Crippen molar-refractivity contribution in [3.05, 3.63) is 11.6 Å². The van der Waals surface area contributed by atoms with Crippen LogP contribution in [-0.4, -0.2) is 34.9 Å². The summed E-state index contributed by atoms with van der Waals surface area (Å²) in [7, 11) is 1.14. The topological polar surface area (TPSA) is 83.8 Å². The van der Waals surface area contributed by atoms with Crippen LogP contribution >= 0.6 is 0 Å². The first-order valence-corrected chi connectivity index (χ1v) is 4.48. The van der Waals surface area contributed by atoms with Crippen molar-refractivity contribution >= 4 is 11.9 Å². The van der Waals surface area contributed by atoms with E-state index in [1.165, 1.54) is 0 Å². The Morgan fingerprint density at radius 2 is 1.93 bits per heavy atom. The van der Waals surface area contributed by atoms with Gasteiger partial charge in [0.15, 0.2) is 5.60 Å². The first-order valence-electron chi connectivity index (χ1n) is 4.48. The third-order valence-electron chi connectivity index (χ3n) is 1.91. The highest BCUT2D eigenvalue weighted by Crippen LogP contribution is 2.18. The van der Waals surface area contributed by atoms with E-state index in [1.54, 1.807) is 19.9 Å². The van der Waals surface area contributed by atoms with Crippen LogP contribution in [0.3, 0.4) is 0 Å². The van der Waals surface area contributed by atoms with E-state index >= 15 is 0 Å². The summed E-state index contributed by atoms with van der Waals surface area (Å²) in [6.07, 6.45) is 0.902. The highest BCUT2D eigenvalue weighted by Gasteiger charge is 2.37. The Morgan fingerprint density at radius 3 is 2.27 bits per heavy atom. The van der Waals surface area contributed by atoms with Crippen LogP contribution in [0, 0.1) is 0 Å². The predicted molar refractivity (Wildman–Crippen MR) is 53.3 cm³/mol. The van der Waals surface area contributed by atoms with E-state index in [2.05, 4.69) is 4.74 Å². The van der Waals surface area contributed by atoms with Crippen LogP contribution in [0.2, 0.25) is 0 Å². The number of esters is 1. The van der Waals surface area contributed by atoms with Crippen LogP contribution < -0.4 is 0 Å². The molecule has 0 amide bonds. The zero-order valence-electron chi connectivity index (χ0n) is 9.11. The molecule has 0 fully saturated rings. The van der Waals surface area contributed by atoms with Gasteiger partial charge < -0.3 is 14.9 Å². The van der Waals surface area contributed by atoms with Crippen molar-refractivity contribution in [1.82, 2.24) is 0 Å². The molecule has 5 nitrogen and oxygen atoms in total. The van der Waals surface area contributed by atoms with E-state index in [0.717, 1.165) is 12.7 Å². The van der Waals surface area contributed by atoms with Gasteiger partial charge in [-0.15, -0.1) is 0 Å². The van der Waals surface area contributed by atoms with Gasteiger partial charge in [-0.25, -0.2) is 4.79 Å². The quantitative estimate of drug-likeness (QED) is 0.522. The van der Waals surface area contributed by atoms with E-state index in [1.807, 2.05) is 0 Å². The molecular formula is C10H16O5. The molecule has 0 aliphatic carbocycles. The molecule has 2 N–H and O–H groups in total. The standard InChI is InChI=1S/C10H16O5/c1-7(2)4-5-10(14,9(12)13)6-8(11)15-3/h4,14H,5-6H2,1-3H3,(H,12,13)/t10-/m1/s1. The summed E-state index contributed by atoms with van der Waals surface area (Å²) in [5, 5.41) is 18.5. The van der Waals surface area contributed by atoms with Gasteiger partial charge in [-0.3, -0.25) is 4.79 Å². The molecule has 0 saturated carbocycles. The molecule has 0 aliphatic heterocycles. The summed E-state index contributed by atoms with van der Waals surface area (Å²) in [6, 6.07) is 0. The van der Waals surface area contributed by atoms with Crippen molar-refractivity contribution in [3.8, 4) is 0 Å². The van der Waals surface area contributed by atoms with E-state index in [4.69, 9.17) is 5.11 Å². The molecule has 0 rings (SSSR count). The Hall–Kier alpha value is -1.36. The van der Waals surface area contributed by atoms with Crippen molar-refractivity contribution in [1.29, 1.82) is 0 Å². The molecule has 1 atom stereocenters. The molecule has 5 heteroatoms. The highest BCUT2D eigenvalue weighted by atomic mass is 16.5. The minimum atomic E-state index is -2.08. The molecule has 0 unspecified atom stereocenters. The lowest BCUT2D eigenvalue weighted by Crippen LogP contribution is -2.40. The Bertz CT molecular complexity index is 278. The van der Waals surface area contributed by atoms with Gasteiger partial charge in [0.05, 0.1) is 13.5 Å². The van der Waals surface area contributed by atoms with E-state index in [-0.39, 0.29) is 6.42 Å². The van der Waals surface area contributed by atoms with Gasteiger partial charge in [0.25, 0.3) is 0 Å². The Balaban J connectivity index is 4.67. The number of carbonyl (C=O) groups excluding carboxylic acids is 1. The Kier molecular flexibility index (Phi) is 5.00. The van der Waals surface area contributed by atoms with Gasteiger partial charge in [-0.05, 0) is 13.8 Å². The van der Waals surface area contributed by atoms with Crippen molar-refractivity contribution in [3.63, 3.8) is 0 Å². The normalized spacial score (nSPS) is 13.9. The monoisotopic (exact) mass is 216 g/mol. The third-order valence-corrected chi connectivity index (χ3v) is 1.91. The number of carboxylic acids is 1. The molecule has 0 radical (unpaired) electrons. The Labute approximate surface area is 88.4 Å². The average Bonchev–Trinajstić information content (AvgIpc) is 2.14. The number of carbonyl (C=O) groups is 2. The minimum Gasteiger partial charge on any atom is -0.479 e. The minimum absolute atomic E-state index is 0.111. The van der Waals surface area contributed by atoms with E-state index in [9.17, 15) is 14.7 Å². The predicted octanol–water partition coefficient (Wildman–Crippen LogP) is 0.721. The van der Waals surface area contributed by atoms with Gasteiger partial charge >= 0.3 is 11.9 Å². The molecule has 0 aliphatic rings. The number of aliphatic carboxylic acids is 1. The molecular weight excluding hydrogens is 200 g/mol. The summed E-state index contributed by atoms with van der Waals surface area (Å²) in [5.74, 6) is -2.17. The maximum atomic E-state index is 10.9. The summed E-state index contributed by atoms with van der Waals surface area (Å²) in [6.45, 7) is 3.56. The zero-order chi connectivity index (χ0) is 12.1. The summed E-state index contributed by atoms with van der Waals surface area (Å²) >= 11 is 0. The first kappa shape index (κ1) is 13.6. The molecule has 0 saturated heterocycles. The lowest BCUT2D eigenvalue weighted by molar-refractivity contribution is -0.165. The molecule has 0 aromatic heterocycles. The summed E-state index contributed by atoms with van der Waals surface area (Å²) in [5.41, 5.74) is -1.20. The van der Waals surface area contributed by atoms with Gasteiger partial charge in [-0.2, -0.15) is 0 Å². The molecule has 0 aromatic carbocycles. The van der Waals surface area contributed by atoms with Crippen molar-refractivity contribution in [2.24, 2.45) is 0 Å². The number of allylic oxidation sites excluding steroid dienone is 1. The number of methoxy groups -OCH3 is 1. The molecule has 15 heavy (non-hydrogen) atoms. The van der Waals surface area contributed by atoms with Crippen LogP contribution in [0.5, 0.6) is 0 Å². The van der Waals surface area contributed by atoms with Crippen molar-refractivity contribution in [2.45, 2.75) is 32.3 Å². The lowest BCUT2D eigenvalue weighted by Gasteiger charge is -2.20. The second-order valence-electron chi connectivity index (χ2n) is 3.58. The number of ether oxygens (including phenoxy) is 1. The molecule has 0 bridgehead atoms. The van der Waals surface area contributed by atoms with Gasteiger partial charge in [0.2, 0.25) is 0 Å². The van der Waals surface area contributed by atoms with Gasteiger partial charge in [0.1, 0.15) is 0 Å². The second kappa shape index (κ2) is 5.50. The lowest BCUT2D eigenvalue weighted by atomic mass is 9.95. The van der Waals surface area contributed by atoms with Crippen LogP contribution in [0.4, 0.5) is 0 Å². The molecule has 0 aromatic rings. The number of rotatable bonds is 5. The smallest absolute Gasteiger partial charge is 0.336 e. The van der Waals surface area contributed by atoms with E-state index < -0.39 is 24.0 Å². The largest absolute Gasteiger partial charge is 0.479 e. The Morgan fingerprint density at radius 1 is 1.40 bits per heavy atom. The van der Waals surface area contributed by atoms with Crippen LogP contribution in [0.15, 0.2) is 11.6 Å². The molecule has 86 valence electrons. The maximum absolute atomic E-state index is 10.9. The SMILES string of the molecule is COC(=O)C[C@](O)(CC=C(C)C)C(=O)O. The fraction of sp³-hybridized carbons (Fsp3) is 0.600. The van der Waals surface area contributed by atoms with Gasteiger partial charge in [-0.1, -0.05) is 11.6 Å². The highest BCUT2D eigenvalue weighted by molar-refractivity contribution is 5.84.